The van der Waals surface area contributed by atoms with E-state index in [1.54, 1.807) is 0 Å². The Bertz CT molecular complexity index is 2600. The second-order valence-electron chi connectivity index (χ2n) is 17.2. The lowest BCUT2D eigenvalue weighted by atomic mass is 9.98. The molecule has 0 spiro atoms. The van der Waals surface area contributed by atoms with Gasteiger partial charge in [-0.05, 0) is 130 Å². The molecule has 0 aliphatic heterocycles. The van der Waals surface area contributed by atoms with E-state index in [1.165, 1.54) is 93.1 Å². The predicted octanol–water partition coefficient (Wildman–Crippen LogP) is 15.0. The SMILES string of the molecule is CCC(C)C1=CCC=C1[Si](c1cc(-c2ccccc2)cc(-c2ccccc2)c1)(c1cc(-c2ccccc2)cc(-c2ccccc2)c1)c1cc(-c2ccccc2)cc(-c2ccccc2)c1. The molecular formula is C63H52Si. The standard InChI is InChI=1S/C63H52Si/c1-3-46(2)62-35-22-36-63(62)64(59-40-53(47-23-10-4-11-24-47)37-54(41-59)48-25-12-5-13-26-48,60-42-55(49-27-14-6-15-28-49)38-56(43-60)50-29-16-7-17-30-50)61-44-57(51-31-18-8-19-32-51)39-58(45-61)52-33-20-9-21-34-52/h4-21,23-46H,3,22H2,1-2H3. The summed E-state index contributed by atoms with van der Waals surface area (Å²) >= 11 is 0. The van der Waals surface area contributed by atoms with Gasteiger partial charge in [0.2, 0.25) is 0 Å². The Hall–Kier alpha value is -7.32. The summed E-state index contributed by atoms with van der Waals surface area (Å²) < 4.78 is 0. The average Bonchev–Trinajstić information content (AvgIpc) is 3.88. The molecule has 0 fully saturated rings. The quantitative estimate of drug-likeness (QED) is 0.0849. The molecule has 0 amide bonds. The van der Waals surface area contributed by atoms with Crippen molar-refractivity contribution >= 4 is 23.6 Å². The highest BCUT2D eigenvalue weighted by Crippen LogP contribution is 2.39. The number of hydrogen-bond acceptors (Lipinski definition) is 0. The van der Waals surface area contributed by atoms with Gasteiger partial charge in [0.25, 0.3) is 0 Å². The maximum absolute atomic E-state index is 3.33. The third kappa shape index (κ3) is 7.96. The molecule has 0 radical (unpaired) electrons. The maximum atomic E-state index is 2.61. The zero-order valence-electron chi connectivity index (χ0n) is 36.7. The van der Waals surface area contributed by atoms with E-state index < -0.39 is 8.07 Å². The largest absolute Gasteiger partial charge is 0.179 e. The van der Waals surface area contributed by atoms with E-state index in [4.69, 9.17) is 0 Å². The van der Waals surface area contributed by atoms with Gasteiger partial charge in [-0.25, -0.2) is 0 Å². The van der Waals surface area contributed by atoms with E-state index in [0.29, 0.717) is 5.92 Å². The molecule has 308 valence electrons. The molecule has 9 aromatic carbocycles. The van der Waals surface area contributed by atoms with Gasteiger partial charge in [-0.15, -0.1) is 0 Å². The third-order valence-corrected chi connectivity index (χ3v) is 18.0. The van der Waals surface area contributed by atoms with Gasteiger partial charge >= 0.3 is 0 Å². The van der Waals surface area contributed by atoms with Crippen LogP contribution in [0.25, 0.3) is 66.8 Å². The van der Waals surface area contributed by atoms with Crippen LogP contribution < -0.4 is 15.6 Å². The molecule has 9 aromatic rings. The Morgan fingerprint density at radius 3 is 0.812 bits per heavy atom. The highest BCUT2D eigenvalue weighted by Gasteiger charge is 2.47. The van der Waals surface area contributed by atoms with Gasteiger partial charge < -0.3 is 0 Å². The van der Waals surface area contributed by atoms with Crippen molar-refractivity contribution < 1.29 is 0 Å². The highest BCUT2D eigenvalue weighted by molar-refractivity contribution is 7.17. The number of benzene rings is 9. The lowest BCUT2D eigenvalue weighted by molar-refractivity contribution is 0.668. The first-order chi connectivity index (χ1) is 31.6. The van der Waals surface area contributed by atoms with Crippen LogP contribution >= 0.6 is 0 Å². The van der Waals surface area contributed by atoms with Gasteiger partial charge in [0.1, 0.15) is 0 Å². The summed E-state index contributed by atoms with van der Waals surface area (Å²) in [4.78, 5) is 0. The number of hydrogen-bond donors (Lipinski definition) is 0. The minimum atomic E-state index is -3.33. The van der Waals surface area contributed by atoms with Crippen LogP contribution in [0.15, 0.2) is 260 Å². The summed E-state index contributed by atoms with van der Waals surface area (Å²) in [5.74, 6) is 0.378. The summed E-state index contributed by atoms with van der Waals surface area (Å²) in [6, 6.07) is 88.6. The molecule has 0 saturated heterocycles. The van der Waals surface area contributed by atoms with Gasteiger partial charge in [-0.1, -0.05) is 244 Å². The smallest absolute Gasteiger partial charge is 0.0801 e. The Kier molecular flexibility index (Phi) is 11.6. The van der Waals surface area contributed by atoms with E-state index in [2.05, 4.69) is 263 Å². The van der Waals surface area contributed by atoms with Crippen LogP contribution in [0.2, 0.25) is 0 Å². The van der Waals surface area contributed by atoms with E-state index in [1.807, 2.05) is 0 Å². The lowest BCUT2D eigenvalue weighted by Crippen LogP contribution is -2.69. The fourth-order valence-electron chi connectivity index (χ4n) is 9.87. The average molecular weight is 837 g/mol. The van der Waals surface area contributed by atoms with Gasteiger partial charge in [-0.2, -0.15) is 0 Å². The molecule has 0 aromatic heterocycles. The molecular weight excluding hydrogens is 785 g/mol. The van der Waals surface area contributed by atoms with Crippen molar-refractivity contribution in [3.63, 3.8) is 0 Å². The Morgan fingerprint density at radius 2 is 0.578 bits per heavy atom. The zero-order valence-corrected chi connectivity index (χ0v) is 37.7. The van der Waals surface area contributed by atoms with Gasteiger partial charge in [-0.3, -0.25) is 0 Å². The van der Waals surface area contributed by atoms with Crippen LogP contribution in [0, 0.1) is 5.92 Å². The molecule has 1 atom stereocenters. The van der Waals surface area contributed by atoms with Crippen molar-refractivity contribution in [1.82, 2.24) is 0 Å². The van der Waals surface area contributed by atoms with Crippen molar-refractivity contribution in [3.8, 4) is 66.8 Å². The summed E-state index contributed by atoms with van der Waals surface area (Å²) in [5.41, 5.74) is 16.2. The molecule has 0 heterocycles. The Balaban J connectivity index is 1.42. The van der Waals surface area contributed by atoms with Crippen molar-refractivity contribution in [2.45, 2.75) is 26.7 Å². The minimum absolute atomic E-state index is 0.378. The zero-order chi connectivity index (χ0) is 43.3. The van der Waals surface area contributed by atoms with E-state index in [9.17, 15) is 0 Å². The monoisotopic (exact) mass is 836 g/mol. The van der Waals surface area contributed by atoms with Crippen LogP contribution in [0.1, 0.15) is 26.7 Å². The van der Waals surface area contributed by atoms with Gasteiger partial charge in [0.15, 0.2) is 8.07 Å². The van der Waals surface area contributed by atoms with Crippen molar-refractivity contribution in [2.75, 3.05) is 0 Å². The first-order valence-corrected chi connectivity index (χ1v) is 24.8. The number of rotatable bonds is 12. The van der Waals surface area contributed by atoms with Crippen molar-refractivity contribution in [2.24, 2.45) is 5.92 Å². The lowest BCUT2D eigenvalue weighted by Gasteiger charge is -2.39. The van der Waals surface area contributed by atoms with Crippen molar-refractivity contribution in [1.29, 1.82) is 0 Å². The molecule has 0 saturated carbocycles. The van der Waals surface area contributed by atoms with Crippen LogP contribution in [-0.4, -0.2) is 8.07 Å². The predicted molar refractivity (Wildman–Crippen MR) is 277 cm³/mol. The third-order valence-electron chi connectivity index (χ3n) is 13.3. The Morgan fingerprint density at radius 1 is 0.328 bits per heavy atom. The molecule has 1 heteroatoms. The summed E-state index contributed by atoms with van der Waals surface area (Å²) in [6.07, 6.45) is 7.13. The first-order valence-electron chi connectivity index (χ1n) is 22.8. The summed E-state index contributed by atoms with van der Waals surface area (Å²) in [7, 11) is -3.33. The van der Waals surface area contributed by atoms with Crippen molar-refractivity contribution in [3.05, 3.63) is 260 Å². The van der Waals surface area contributed by atoms with E-state index >= 15 is 0 Å². The van der Waals surface area contributed by atoms with Gasteiger partial charge in [0, 0.05) is 0 Å². The fourth-order valence-corrected chi connectivity index (χ4v) is 15.2. The van der Waals surface area contributed by atoms with Gasteiger partial charge in [0.05, 0.1) is 0 Å². The normalized spacial score (nSPS) is 13.0. The summed E-state index contributed by atoms with van der Waals surface area (Å²) in [6.45, 7) is 4.78. The summed E-state index contributed by atoms with van der Waals surface area (Å²) in [5, 5.41) is 5.63. The van der Waals surface area contributed by atoms with Crippen LogP contribution in [0.5, 0.6) is 0 Å². The second-order valence-corrected chi connectivity index (χ2v) is 20.9. The molecule has 1 aliphatic carbocycles. The number of allylic oxidation sites excluding steroid dienone is 4. The molecule has 0 N–H and O–H groups in total. The van der Waals surface area contributed by atoms with Crippen LogP contribution in [0.3, 0.4) is 0 Å². The van der Waals surface area contributed by atoms with Crippen LogP contribution in [-0.2, 0) is 0 Å². The molecule has 10 rings (SSSR count). The van der Waals surface area contributed by atoms with E-state index in [-0.39, 0.29) is 0 Å². The van der Waals surface area contributed by atoms with Crippen LogP contribution in [0.4, 0.5) is 0 Å². The molecule has 1 unspecified atom stereocenters. The molecule has 64 heavy (non-hydrogen) atoms. The maximum Gasteiger partial charge on any atom is 0.179 e. The van der Waals surface area contributed by atoms with E-state index in [0.717, 1.165) is 12.8 Å². The second kappa shape index (κ2) is 18.2. The minimum Gasteiger partial charge on any atom is -0.0801 e. The Labute approximate surface area is 380 Å². The topological polar surface area (TPSA) is 0 Å². The fraction of sp³-hybridized carbons (Fsp3) is 0.0794. The molecule has 0 bridgehead atoms. The molecule has 0 nitrogen and oxygen atoms in total. The molecule has 1 aliphatic rings. The first kappa shape index (κ1) is 40.7. The highest BCUT2D eigenvalue weighted by atomic mass is 28.3.